The minimum Gasteiger partial charge on any atom is -0.487 e. The molecule has 0 unspecified atom stereocenters. The van der Waals surface area contributed by atoms with Crippen LogP contribution in [0.5, 0.6) is 5.75 Å². The van der Waals surface area contributed by atoms with Crippen LogP contribution in [0, 0.1) is 17.6 Å². The van der Waals surface area contributed by atoms with E-state index < -0.39 is 21.5 Å². The molecule has 1 aliphatic rings. The van der Waals surface area contributed by atoms with E-state index in [0.29, 0.717) is 23.5 Å². The molecule has 1 fully saturated rings. The van der Waals surface area contributed by atoms with E-state index >= 15 is 0 Å². The van der Waals surface area contributed by atoms with E-state index in [-0.39, 0.29) is 28.9 Å². The predicted molar refractivity (Wildman–Crippen MR) is 136 cm³/mol. The molecule has 0 N–H and O–H groups in total. The van der Waals surface area contributed by atoms with Crippen molar-refractivity contribution in [1.29, 1.82) is 0 Å². The fourth-order valence-electron chi connectivity index (χ4n) is 4.30. The molecule has 0 bridgehead atoms. The maximum absolute atomic E-state index is 14.8. The maximum Gasteiger partial charge on any atom is 0.225 e. The smallest absolute Gasteiger partial charge is 0.225 e. The first-order valence-electron chi connectivity index (χ1n) is 12.3. The molecule has 2 aromatic carbocycles. The third-order valence-corrected chi connectivity index (χ3v) is 8.41. The second-order valence-corrected chi connectivity index (χ2v) is 11.2. The van der Waals surface area contributed by atoms with Gasteiger partial charge in [0.25, 0.3) is 0 Å². The number of piperidine rings is 1. The van der Waals surface area contributed by atoms with Gasteiger partial charge in [-0.1, -0.05) is 26.0 Å². The number of anilines is 1. The van der Waals surface area contributed by atoms with Gasteiger partial charge in [0, 0.05) is 25.5 Å². The number of aryl methyl sites for hydroxylation is 1. The van der Waals surface area contributed by atoms with Crippen LogP contribution in [0.4, 0.5) is 14.7 Å². The van der Waals surface area contributed by atoms with Crippen LogP contribution in [-0.4, -0.2) is 43.8 Å². The Morgan fingerprint density at radius 2 is 1.58 bits per heavy atom. The Labute approximate surface area is 211 Å². The molecule has 0 saturated carbocycles. The third-order valence-electron chi connectivity index (χ3n) is 6.48. The average Bonchev–Trinajstić information content (AvgIpc) is 2.88. The third kappa shape index (κ3) is 6.00. The SMILES string of the molecule is CCCS(=O)(=O)c1ccc(-c2cc(F)c(OCC3CCN(c4ncc(CC)cn4)CC3)c(F)c2)cc1. The van der Waals surface area contributed by atoms with Gasteiger partial charge >= 0.3 is 0 Å². The number of halogens is 2. The molecule has 3 aromatic rings. The first-order chi connectivity index (χ1) is 17.3. The van der Waals surface area contributed by atoms with Crippen LogP contribution >= 0.6 is 0 Å². The van der Waals surface area contributed by atoms with Crippen LogP contribution in [0.3, 0.4) is 0 Å². The Morgan fingerprint density at radius 3 is 2.14 bits per heavy atom. The lowest BCUT2D eigenvalue weighted by atomic mass is 9.98. The summed E-state index contributed by atoms with van der Waals surface area (Å²) in [6.45, 7) is 5.59. The van der Waals surface area contributed by atoms with Gasteiger partial charge in [0.05, 0.1) is 17.3 Å². The number of hydrogen-bond acceptors (Lipinski definition) is 6. The zero-order chi connectivity index (χ0) is 25.7. The molecule has 36 heavy (non-hydrogen) atoms. The Morgan fingerprint density at radius 1 is 0.972 bits per heavy atom. The summed E-state index contributed by atoms with van der Waals surface area (Å²) in [6, 6.07) is 8.49. The van der Waals surface area contributed by atoms with Crippen molar-refractivity contribution in [3.63, 3.8) is 0 Å². The maximum atomic E-state index is 14.8. The number of sulfone groups is 1. The van der Waals surface area contributed by atoms with Crippen molar-refractivity contribution in [3.8, 4) is 16.9 Å². The van der Waals surface area contributed by atoms with Gasteiger partial charge in [-0.25, -0.2) is 27.2 Å². The number of ether oxygens (including phenoxy) is 1. The van der Waals surface area contributed by atoms with Crippen LogP contribution < -0.4 is 9.64 Å². The number of aromatic nitrogens is 2. The minimum atomic E-state index is -3.35. The molecule has 0 radical (unpaired) electrons. The van der Waals surface area contributed by atoms with Crippen molar-refractivity contribution < 1.29 is 21.9 Å². The zero-order valence-electron chi connectivity index (χ0n) is 20.6. The monoisotopic (exact) mass is 515 g/mol. The number of benzene rings is 2. The highest BCUT2D eigenvalue weighted by molar-refractivity contribution is 7.91. The minimum absolute atomic E-state index is 0.0560. The van der Waals surface area contributed by atoms with Gasteiger partial charge in [-0.15, -0.1) is 0 Å². The molecule has 0 aliphatic carbocycles. The van der Waals surface area contributed by atoms with Crippen molar-refractivity contribution in [1.82, 2.24) is 9.97 Å². The molecule has 192 valence electrons. The quantitative estimate of drug-likeness (QED) is 0.377. The standard InChI is InChI=1S/C27H31F2N3O3S/c1-3-13-36(33,34)23-7-5-21(6-8-23)22-14-24(28)26(25(29)15-22)35-18-20-9-11-32(12-10-20)27-30-16-19(4-2)17-31-27/h5-8,14-17,20H,3-4,9-13,18H2,1-2H3. The highest BCUT2D eigenvalue weighted by atomic mass is 32.2. The fourth-order valence-corrected chi connectivity index (χ4v) is 5.62. The topological polar surface area (TPSA) is 72.4 Å². The summed E-state index contributed by atoms with van der Waals surface area (Å²) < 4.78 is 59.5. The molecule has 0 amide bonds. The van der Waals surface area contributed by atoms with E-state index in [0.717, 1.165) is 37.9 Å². The molecule has 9 heteroatoms. The summed E-state index contributed by atoms with van der Waals surface area (Å²) >= 11 is 0. The van der Waals surface area contributed by atoms with Gasteiger partial charge in [-0.3, -0.25) is 0 Å². The van der Waals surface area contributed by atoms with E-state index in [1.54, 1.807) is 19.1 Å². The van der Waals surface area contributed by atoms with Gasteiger partial charge in [0.15, 0.2) is 27.2 Å². The van der Waals surface area contributed by atoms with E-state index in [9.17, 15) is 17.2 Å². The summed E-state index contributed by atoms with van der Waals surface area (Å²) in [6.07, 6.45) is 6.72. The molecular formula is C27H31F2N3O3S. The second-order valence-electron chi connectivity index (χ2n) is 9.10. The zero-order valence-corrected chi connectivity index (χ0v) is 21.4. The summed E-state index contributed by atoms with van der Waals surface area (Å²) in [4.78, 5) is 11.2. The lowest BCUT2D eigenvalue weighted by Gasteiger charge is -2.31. The largest absolute Gasteiger partial charge is 0.487 e. The van der Waals surface area contributed by atoms with Crippen LogP contribution in [0.15, 0.2) is 53.7 Å². The fraction of sp³-hybridized carbons (Fsp3) is 0.407. The van der Waals surface area contributed by atoms with E-state index in [2.05, 4.69) is 21.8 Å². The van der Waals surface area contributed by atoms with Gasteiger partial charge in [-0.2, -0.15) is 0 Å². The Balaban J connectivity index is 1.36. The number of hydrogen-bond donors (Lipinski definition) is 0. The van der Waals surface area contributed by atoms with Crippen LogP contribution in [-0.2, 0) is 16.3 Å². The molecule has 6 nitrogen and oxygen atoms in total. The number of rotatable bonds is 9. The molecule has 1 saturated heterocycles. The lowest BCUT2D eigenvalue weighted by Crippen LogP contribution is -2.36. The van der Waals surface area contributed by atoms with Crippen LogP contribution in [0.2, 0.25) is 0 Å². The van der Waals surface area contributed by atoms with Crippen molar-refractivity contribution in [2.24, 2.45) is 5.92 Å². The summed E-state index contributed by atoms with van der Waals surface area (Å²) in [5.41, 5.74) is 1.93. The van der Waals surface area contributed by atoms with Crippen molar-refractivity contribution in [3.05, 3.63) is 66.0 Å². The lowest BCUT2D eigenvalue weighted by molar-refractivity contribution is 0.207. The van der Waals surface area contributed by atoms with E-state index in [1.807, 2.05) is 12.4 Å². The van der Waals surface area contributed by atoms with Gasteiger partial charge in [0.2, 0.25) is 5.95 Å². The highest BCUT2D eigenvalue weighted by Crippen LogP contribution is 2.31. The molecule has 0 atom stereocenters. The normalized spacial score (nSPS) is 14.7. The molecule has 4 rings (SSSR count). The first kappa shape index (κ1) is 26.0. The van der Waals surface area contributed by atoms with Crippen molar-refractivity contribution in [2.45, 2.75) is 44.4 Å². The van der Waals surface area contributed by atoms with E-state index in [4.69, 9.17) is 4.74 Å². The average molecular weight is 516 g/mol. The van der Waals surface area contributed by atoms with Crippen LogP contribution in [0.1, 0.15) is 38.7 Å². The summed E-state index contributed by atoms with van der Waals surface area (Å²) in [7, 11) is -3.35. The Kier molecular flexibility index (Phi) is 8.18. The summed E-state index contributed by atoms with van der Waals surface area (Å²) in [5, 5.41) is 0. The van der Waals surface area contributed by atoms with Gasteiger partial charge < -0.3 is 9.64 Å². The van der Waals surface area contributed by atoms with Gasteiger partial charge in [-0.05, 0) is 72.6 Å². The Bertz CT molecular complexity index is 1250. The van der Waals surface area contributed by atoms with Crippen LogP contribution in [0.25, 0.3) is 11.1 Å². The summed E-state index contributed by atoms with van der Waals surface area (Å²) in [5.74, 6) is -1.02. The van der Waals surface area contributed by atoms with E-state index in [1.165, 1.54) is 24.3 Å². The van der Waals surface area contributed by atoms with Crippen molar-refractivity contribution in [2.75, 3.05) is 30.3 Å². The molecule has 1 aliphatic heterocycles. The molecule has 2 heterocycles. The molecule has 0 spiro atoms. The Hall–Kier alpha value is -3.07. The first-order valence-corrected chi connectivity index (χ1v) is 14.0. The molecule has 1 aromatic heterocycles. The highest BCUT2D eigenvalue weighted by Gasteiger charge is 2.23. The second kappa shape index (κ2) is 11.3. The molecular weight excluding hydrogens is 484 g/mol. The predicted octanol–water partition coefficient (Wildman–Crippen LogP) is 5.46. The van der Waals surface area contributed by atoms with Crippen molar-refractivity contribution >= 4 is 15.8 Å². The van der Waals surface area contributed by atoms with Gasteiger partial charge in [0.1, 0.15) is 0 Å². The number of nitrogens with zero attached hydrogens (tertiary/aromatic N) is 3.